The molecule has 0 saturated carbocycles. The van der Waals surface area contributed by atoms with Gasteiger partial charge in [-0.2, -0.15) is 0 Å². The van der Waals surface area contributed by atoms with Gasteiger partial charge in [-0.05, 0) is 18.6 Å². The summed E-state index contributed by atoms with van der Waals surface area (Å²) in [7, 11) is 0. The lowest BCUT2D eigenvalue weighted by Crippen LogP contribution is -1.74. The highest BCUT2D eigenvalue weighted by Crippen LogP contribution is 2.00. The molecule has 68 valence electrons. The van der Waals surface area contributed by atoms with E-state index in [1.807, 2.05) is 43.4 Å². The van der Waals surface area contributed by atoms with Crippen molar-refractivity contribution in [2.45, 2.75) is 6.92 Å². The first-order chi connectivity index (χ1) is 6.43. The van der Waals surface area contributed by atoms with Crippen molar-refractivity contribution in [1.29, 1.82) is 0 Å². The van der Waals surface area contributed by atoms with Gasteiger partial charge in [0.2, 0.25) is 0 Å². The highest BCUT2D eigenvalue weighted by molar-refractivity contribution is 5.50. The Hall–Kier alpha value is -1.50. The van der Waals surface area contributed by atoms with Crippen molar-refractivity contribution in [3.05, 3.63) is 54.3 Å². The number of allylic oxidation sites excluding steroid dienone is 2. The molecule has 0 bridgehead atoms. The second-order valence-electron chi connectivity index (χ2n) is 2.55. The van der Waals surface area contributed by atoms with Gasteiger partial charge in [-0.1, -0.05) is 42.5 Å². The maximum Gasteiger partial charge on any atom is 0.0845 e. The standard InChI is InChI=1S/C12H14O/c1-2-13-11-7-6-10-12-8-4-3-5-9-12/h3-11H,2H2,1H3/b10-6-,11-7-. The summed E-state index contributed by atoms with van der Waals surface area (Å²) in [6.07, 6.45) is 7.58. The van der Waals surface area contributed by atoms with Crippen molar-refractivity contribution in [1.82, 2.24) is 0 Å². The maximum absolute atomic E-state index is 5.04. The summed E-state index contributed by atoms with van der Waals surface area (Å²) in [5.74, 6) is 0. The van der Waals surface area contributed by atoms with Gasteiger partial charge in [-0.3, -0.25) is 0 Å². The quantitative estimate of drug-likeness (QED) is 0.503. The molecule has 0 aliphatic heterocycles. The Morgan fingerprint density at radius 3 is 2.62 bits per heavy atom. The summed E-state index contributed by atoms with van der Waals surface area (Å²) in [4.78, 5) is 0. The van der Waals surface area contributed by atoms with Crippen molar-refractivity contribution < 1.29 is 4.74 Å². The van der Waals surface area contributed by atoms with Crippen LogP contribution >= 0.6 is 0 Å². The molecule has 1 aromatic carbocycles. The van der Waals surface area contributed by atoms with Gasteiger partial charge in [0, 0.05) is 0 Å². The van der Waals surface area contributed by atoms with Crippen molar-refractivity contribution >= 4 is 6.08 Å². The van der Waals surface area contributed by atoms with Gasteiger partial charge in [-0.25, -0.2) is 0 Å². The molecule has 1 rings (SSSR count). The molecule has 0 spiro atoms. The molecule has 0 amide bonds. The molecule has 0 aliphatic rings. The topological polar surface area (TPSA) is 9.23 Å². The first kappa shape index (κ1) is 9.59. The molecule has 0 atom stereocenters. The third-order valence-electron chi connectivity index (χ3n) is 1.54. The molecule has 1 nitrogen and oxygen atoms in total. The Labute approximate surface area is 79.4 Å². The molecule has 0 aliphatic carbocycles. The Kier molecular flexibility index (Phi) is 4.47. The van der Waals surface area contributed by atoms with Crippen LogP contribution < -0.4 is 0 Å². The minimum atomic E-state index is 0.718. The van der Waals surface area contributed by atoms with E-state index >= 15 is 0 Å². The summed E-state index contributed by atoms with van der Waals surface area (Å²) in [6.45, 7) is 2.68. The summed E-state index contributed by atoms with van der Waals surface area (Å²) < 4.78 is 5.04. The normalized spacial score (nSPS) is 11.2. The van der Waals surface area contributed by atoms with Crippen LogP contribution in [0.5, 0.6) is 0 Å². The Morgan fingerprint density at radius 1 is 1.15 bits per heavy atom. The maximum atomic E-state index is 5.04. The van der Waals surface area contributed by atoms with E-state index in [0.717, 1.165) is 6.61 Å². The number of hydrogen-bond acceptors (Lipinski definition) is 1. The van der Waals surface area contributed by atoms with Gasteiger partial charge in [-0.15, -0.1) is 0 Å². The first-order valence-corrected chi connectivity index (χ1v) is 4.43. The van der Waals surface area contributed by atoms with Crippen molar-refractivity contribution in [3.63, 3.8) is 0 Å². The molecule has 1 heteroatoms. The zero-order valence-corrected chi connectivity index (χ0v) is 7.81. The van der Waals surface area contributed by atoms with E-state index in [0.29, 0.717) is 0 Å². The summed E-state index contributed by atoms with van der Waals surface area (Å²) in [5, 5.41) is 0. The largest absolute Gasteiger partial charge is 0.501 e. The average Bonchev–Trinajstić information content (AvgIpc) is 2.19. The smallest absolute Gasteiger partial charge is 0.0845 e. The second-order valence-corrected chi connectivity index (χ2v) is 2.55. The molecule has 0 radical (unpaired) electrons. The van der Waals surface area contributed by atoms with E-state index in [-0.39, 0.29) is 0 Å². The Balaban J connectivity index is 2.41. The van der Waals surface area contributed by atoms with Crippen LogP contribution in [0.4, 0.5) is 0 Å². The number of ether oxygens (including phenoxy) is 1. The molecule has 0 heterocycles. The minimum absolute atomic E-state index is 0.718. The van der Waals surface area contributed by atoms with E-state index < -0.39 is 0 Å². The number of hydrogen-bond donors (Lipinski definition) is 0. The van der Waals surface area contributed by atoms with Crippen LogP contribution in [-0.4, -0.2) is 6.61 Å². The SMILES string of the molecule is CCO/C=C\C=C/c1ccccc1. The first-order valence-electron chi connectivity index (χ1n) is 4.43. The van der Waals surface area contributed by atoms with E-state index in [1.54, 1.807) is 6.26 Å². The number of benzene rings is 1. The van der Waals surface area contributed by atoms with E-state index in [1.165, 1.54) is 5.56 Å². The third-order valence-corrected chi connectivity index (χ3v) is 1.54. The van der Waals surface area contributed by atoms with Crippen LogP contribution in [0.2, 0.25) is 0 Å². The molecule has 1 aromatic rings. The van der Waals surface area contributed by atoms with Crippen molar-refractivity contribution in [2.24, 2.45) is 0 Å². The molecule has 0 unspecified atom stereocenters. The van der Waals surface area contributed by atoms with Gasteiger partial charge in [0.15, 0.2) is 0 Å². The highest BCUT2D eigenvalue weighted by Gasteiger charge is 1.79. The fourth-order valence-electron chi connectivity index (χ4n) is 0.928. The third kappa shape index (κ3) is 4.16. The molecular formula is C12H14O. The van der Waals surface area contributed by atoms with Crippen LogP contribution in [0.1, 0.15) is 12.5 Å². The summed E-state index contributed by atoms with van der Waals surface area (Å²) >= 11 is 0. The van der Waals surface area contributed by atoms with Gasteiger partial charge >= 0.3 is 0 Å². The zero-order valence-electron chi connectivity index (χ0n) is 7.81. The minimum Gasteiger partial charge on any atom is -0.501 e. The Bertz CT molecular complexity index is 272. The fraction of sp³-hybridized carbons (Fsp3) is 0.167. The van der Waals surface area contributed by atoms with E-state index in [2.05, 4.69) is 12.1 Å². The van der Waals surface area contributed by atoms with Gasteiger partial charge in [0.05, 0.1) is 12.9 Å². The fourth-order valence-corrected chi connectivity index (χ4v) is 0.928. The zero-order chi connectivity index (χ0) is 9.36. The molecule has 0 N–H and O–H groups in total. The molecular weight excluding hydrogens is 160 g/mol. The molecule has 0 saturated heterocycles. The summed E-state index contributed by atoms with van der Waals surface area (Å²) in [5.41, 5.74) is 1.20. The van der Waals surface area contributed by atoms with E-state index in [9.17, 15) is 0 Å². The Morgan fingerprint density at radius 2 is 1.92 bits per heavy atom. The predicted octanol–water partition coefficient (Wildman–Crippen LogP) is 3.25. The summed E-state index contributed by atoms with van der Waals surface area (Å²) in [6, 6.07) is 10.2. The van der Waals surface area contributed by atoms with Crippen LogP contribution in [0.25, 0.3) is 6.08 Å². The van der Waals surface area contributed by atoms with Crippen LogP contribution in [0, 0.1) is 0 Å². The van der Waals surface area contributed by atoms with Crippen LogP contribution in [0.15, 0.2) is 48.7 Å². The predicted molar refractivity (Wildman–Crippen MR) is 56.2 cm³/mol. The van der Waals surface area contributed by atoms with Crippen LogP contribution in [0.3, 0.4) is 0 Å². The van der Waals surface area contributed by atoms with E-state index in [4.69, 9.17) is 4.74 Å². The monoisotopic (exact) mass is 174 g/mol. The molecule has 0 aromatic heterocycles. The molecule has 13 heavy (non-hydrogen) atoms. The van der Waals surface area contributed by atoms with Crippen molar-refractivity contribution in [2.75, 3.05) is 6.61 Å². The average molecular weight is 174 g/mol. The lowest BCUT2D eigenvalue weighted by molar-refractivity contribution is 0.269. The van der Waals surface area contributed by atoms with Gasteiger partial charge in [0.25, 0.3) is 0 Å². The van der Waals surface area contributed by atoms with Crippen LogP contribution in [-0.2, 0) is 4.74 Å². The highest BCUT2D eigenvalue weighted by atomic mass is 16.5. The lowest BCUT2D eigenvalue weighted by Gasteiger charge is -1.90. The second kappa shape index (κ2) is 6.06. The lowest BCUT2D eigenvalue weighted by atomic mass is 10.2. The van der Waals surface area contributed by atoms with Gasteiger partial charge < -0.3 is 4.74 Å². The number of rotatable bonds is 4. The molecule has 0 fully saturated rings. The van der Waals surface area contributed by atoms with Crippen molar-refractivity contribution in [3.8, 4) is 0 Å². The van der Waals surface area contributed by atoms with Gasteiger partial charge in [0.1, 0.15) is 0 Å².